The molecule has 0 aliphatic rings. The van der Waals surface area contributed by atoms with E-state index in [-0.39, 0.29) is 0 Å². The van der Waals surface area contributed by atoms with Crippen molar-refractivity contribution in [1.82, 2.24) is 10.2 Å². The summed E-state index contributed by atoms with van der Waals surface area (Å²) in [5, 5.41) is 6.63. The van der Waals surface area contributed by atoms with Crippen LogP contribution in [-0.4, -0.2) is 13.1 Å². The Morgan fingerprint density at radius 1 is 1.00 bits per heavy atom. The quantitative estimate of drug-likeness (QED) is 0.427. The Balaban J connectivity index is 2.97. The molecule has 5 heteroatoms. The highest BCUT2D eigenvalue weighted by Crippen LogP contribution is 2.11. The van der Waals surface area contributed by atoms with Crippen molar-refractivity contribution in [1.29, 1.82) is 0 Å². The molecule has 90 valence electrons. The number of hydrogen-bond donors (Lipinski definition) is 2. The molecule has 0 aliphatic heterocycles. The fourth-order valence-electron chi connectivity index (χ4n) is 1.12. The topological polar surface area (TPSA) is 36.4 Å². The van der Waals surface area contributed by atoms with Gasteiger partial charge >= 0.3 is 0 Å². The first-order valence-corrected chi connectivity index (χ1v) is 7.81. The van der Waals surface area contributed by atoms with Crippen LogP contribution in [0, 0.1) is 0 Å². The summed E-state index contributed by atoms with van der Waals surface area (Å²) in [7, 11) is 1.59. The molecule has 0 saturated heterocycles. The van der Waals surface area contributed by atoms with Gasteiger partial charge in [0.25, 0.3) is 0 Å². The lowest BCUT2D eigenvalue weighted by molar-refractivity contribution is 0.706. The molecular weight excluding hydrogens is 224 g/mol. The van der Waals surface area contributed by atoms with E-state index in [1.807, 2.05) is 0 Å². The Morgan fingerprint density at radius 2 is 1.67 bits per heavy atom. The Hall–Kier alpha value is 0.450. The Bertz CT molecular complexity index is 143. The second-order valence-corrected chi connectivity index (χ2v) is 5.45. The number of nitrogens with one attached hydrogen (secondary N) is 2. The zero-order valence-electron chi connectivity index (χ0n) is 10.1. The van der Waals surface area contributed by atoms with Gasteiger partial charge in [0.1, 0.15) is 0 Å². The minimum atomic E-state index is 0.556. The van der Waals surface area contributed by atoms with Gasteiger partial charge in [0.2, 0.25) is 0 Å². The normalized spacial score (nSPS) is 12.1. The highest BCUT2D eigenvalue weighted by Gasteiger charge is 1.86. The summed E-state index contributed by atoms with van der Waals surface area (Å²) in [5.41, 5.74) is 0. The number of rotatable bonds is 11. The van der Waals surface area contributed by atoms with E-state index in [1.165, 1.54) is 38.5 Å². The van der Waals surface area contributed by atoms with Crippen molar-refractivity contribution in [2.45, 2.75) is 52.4 Å². The van der Waals surface area contributed by atoms with Gasteiger partial charge in [-0.15, -0.1) is 0 Å². The van der Waals surface area contributed by atoms with Crippen LogP contribution in [0.15, 0.2) is 4.52 Å². The van der Waals surface area contributed by atoms with Crippen LogP contribution in [0.3, 0.4) is 0 Å². The highest BCUT2D eigenvalue weighted by atomic mass is 31.1. The molecule has 0 spiro atoms. The second-order valence-electron chi connectivity index (χ2n) is 3.56. The second kappa shape index (κ2) is 14.5. The zero-order chi connectivity index (χ0) is 11.2. The SMILES string of the molecule is CCCCCNP=NPNCCCCC. The van der Waals surface area contributed by atoms with Crippen molar-refractivity contribution in [2.24, 2.45) is 4.52 Å². The molecule has 15 heavy (non-hydrogen) atoms. The average molecular weight is 249 g/mol. The minimum Gasteiger partial charge on any atom is -0.280 e. The molecule has 3 nitrogen and oxygen atoms in total. The molecule has 1 unspecified atom stereocenters. The monoisotopic (exact) mass is 249 g/mol. The maximum atomic E-state index is 4.34. The predicted molar refractivity (Wildman–Crippen MR) is 72.7 cm³/mol. The van der Waals surface area contributed by atoms with Crippen LogP contribution in [0.25, 0.3) is 0 Å². The molecule has 0 heterocycles. The summed E-state index contributed by atoms with van der Waals surface area (Å²) >= 11 is 0. The van der Waals surface area contributed by atoms with Gasteiger partial charge in [-0.3, -0.25) is 10.2 Å². The Morgan fingerprint density at radius 3 is 2.33 bits per heavy atom. The van der Waals surface area contributed by atoms with Crippen molar-refractivity contribution in [3.05, 3.63) is 0 Å². The van der Waals surface area contributed by atoms with Crippen molar-refractivity contribution >= 4 is 17.4 Å². The Labute approximate surface area is 98.0 Å². The molecule has 0 saturated carbocycles. The van der Waals surface area contributed by atoms with Gasteiger partial charge in [0, 0.05) is 13.1 Å². The molecule has 0 aromatic rings. The highest BCUT2D eigenvalue weighted by molar-refractivity contribution is 7.42. The van der Waals surface area contributed by atoms with Crippen LogP contribution >= 0.6 is 17.4 Å². The van der Waals surface area contributed by atoms with Gasteiger partial charge in [-0.2, -0.15) is 0 Å². The van der Waals surface area contributed by atoms with E-state index < -0.39 is 0 Å². The maximum absolute atomic E-state index is 4.34. The Kier molecular flexibility index (Phi) is 14.9. The molecule has 0 rings (SSSR count). The molecule has 2 N–H and O–H groups in total. The third-order valence-corrected chi connectivity index (χ3v) is 3.62. The van der Waals surface area contributed by atoms with E-state index in [0.29, 0.717) is 8.88 Å². The summed E-state index contributed by atoms with van der Waals surface area (Å²) < 4.78 is 4.34. The van der Waals surface area contributed by atoms with Gasteiger partial charge < -0.3 is 0 Å². The number of hydrogen-bond acceptors (Lipinski definition) is 2. The van der Waals surface area contributed by atoms with Crippen LogP contribution in [0.1, 0.15) is 52.4 Å². The summed E-state index contributed by atoms with van der Waals surface area (Å²) in [6, 6.07) is 0. The largest absolute Gasteiger partial charge is 0.280 e. The van der Waals surface area contributed by atoms with E-state index in [9.17, 15) is 0 Å². The first-order chi connectivity index (χ1) is 7.41. The molecule has 0 amide bonds. The van der Waals surface area contributed by atoms with E-state index in [1.54, 1.807) is 0 Å². The van der Waals surface area contributed by atoms with E-state index >= 15 is 0 Å². The maximum Gasteiger partial charge on any atom is 0.0954 e. The molecule has 1 atom stereocenters. The fourth-order valence-corrected chi connectivity index (χ4v) is 2.43. The standard InChI is InChI=1S/C10H25N3P2/c1-3-5-7-9-11-14-13-15-12-10-8-6-4-2/h11,14H,3-10H2,1-2H3,(H,12,13). The summed E-state index contributed by atoms with van der Waals surface area (Å²) in [6.45, 7) is 6.66. The molecule has 0 aromatic heterocycles. The van der Waals surface area contributed by atoms with Crippen molar-refractivity contribution in [3.63, 3.8) is 0 Å². The van der Waals surface area contributed by atoms with Gasteiger partial charge in [-0.25, -0.2) is 4.52 Å². The third-order valence-electron chi connectivity index (χ3n) is 2.05. The lowest BCUT2D eigenvalue weighted by Gasteiger charge is -1.99. The van der Waals surface area contributed by atoms with Crippen molar-refractivity contribution in [3.8, 4) is 0 Å². The summed E-state index contributed by atoms with van der Waals surface area (Å²) in [6.07, 6.45) is 7.77. The first kappa shape index (κ1) is 15.4. The summed E-state index contributed by atoms with van der Waals surface area (Å²) in [5.74, 6) is 0. The van der Waals surface area contributed by atoms with Crippen LogP contribution in [0.5, 0.6) is 0 Å². The zero-order valence-corrected chi connectivity index (χ0v) is 11.9. The fraction of sp³-hybridized carbons (Fsp3) is 1.00. The number of unbranched alkanes of at least 4 members (excludes halogenated alkanes) is 4. The molecular formula is C10H25N3P2. The molecule has 0 radical (unpaired) electrons. The molecule has 0 fully saturated rings. The predicted octanol–water partition coefficient (Wildman–Crippen LogP) is 4.10. The number of nitrogens with zero attached hydrogens (tertiary/aromatic N) is 1. The van der Waals surface area contributed by atoms with Crippen LogP contribution in [-0.2, 0) is 0 Å². The molecule has 0 aromatic carbocycles. The molecule has 0 aliphatic carbocycles. The van der Waals surface area contributed by atoms with Crippen molar-refractivity contribution in [2.75, 3.05) is 13.1 Å². The lowest BCUT2D eigenvalue weighted by atomic mass is 10.3. The van der Waals surface area contributed by atoms with Crippen LogP contribution in [0.4, 0.5) is 0 Å². The van der Waals surface area contributed by atoms with Gasteiger partial charge in [-0.1, -0.05) is 39.5 Å². The lowest BCUT2D eigenvalue weighted by Crippen LogP contribution is -2.02. The van der Waals surface area contributed by atoms with Gasteiger partial charge in [-0.05, 0) is 12.8 Å². The van der Waals surface area contributed by atoms with Crippen molar-refractivity contribution < 1.29 is 0 Å². The first-order valence-electron chi connectivity index (χ1n) is 6.02. The van der Waals surface area contributed by atoms with E-state index in [4.69, 9.17) is 0 Å². The van der Waals surface area contributed by atoms with E-state index in [2.05, 4.69) is 28.5 Å². The van der Waals surface area contributed by atoms with E-state index in [0.717, 1.165) is 21.6 Å². The summed E-state index contributed by atoms with van der Waals surface area (Å²) in [4.78, 5) is 0. The third kappa shape index (κ3) is 14.5. The van der Waals surface area contributed by atoms with Crippen LogP contribution in [0.2, 0.25) is 0 Å². The average Bonchev–Trinajstić information content (AvgIpc) is 2.26. The van der Waals surface area contributed by atoms with Gasteiger partial charge in [0.05, 0.1) is 17.4 Å². The molecule has 0 bridgehead atoms. The smallest absolute Gasteiger partial charge is 0.0954 e. The minimum absolute atomic E-state index is 0.556. The van der Waals surface area contributed by atoms with Crippen LogP contribution < -0.4 is 10.2 Å². The van der Waals surface area contributed by atoms with Gasteiger partial charge in [0.15, 0.2) is 0 Å².